The maximum Gasteiger partial charge on any atom is 0.0158 e. The van der Waals surface area contributed by atoms with Gasteiger partial charge in [-0.2, -0.15) is 0 Å². The zero-order valence-electron chi connectivity index (χ0n) is 8.22. The van der Waals surface area contributed by atoms with Crippen molar-refractivity contribution in [2.45, 2.75) is 32.7 Å². The summed E-state index contributed by atoms with van der Waals surface area (Å²) in [5.74, 6) is 0.422. The van der Waals surface area contributed by atoms with Crippen LogP contribution in [0.1, 0.15) is 27.2 Å². The molecule has 0 radical (unpaired) electrons. The van der Waals surface area contributed by atoms with E-state index in [1.807, 2.05) is 27.8 Å². The van der Waals surface area contributed by atoms with Crippen molar-refractivity contribution >= 4 is 11.1 Å². The Bertz CT molecular complexity index is 159. The average molecular weight is 192 g/mol. The Balaban J connectivity index is 4.23. The molecule has 0 rings (SSSR count). The smallest absolute Gasteiger partial charge is 0.0158 e. The molecule has 3 nitrogen and oxygen atoms in total. The van der Waals surface area contributed by atoms with Crippen LogP contribution < -0.4 is 5.32 Å². The van der Waals surface area contributed by atoms with Gasteiger partial charge in [-0.1, -0.05) is 24.4 Å². The minimum absolute atomic E-state index is 0.102. The quantitative estimate of drug-likeness (QED) is 0.658. The molecule has 0 saturated heterocycles. The van der Waals surface area contributed by atoms with Crippen LogP contribution in [-0.4, -0.2) is 27.1 Å². The maximum atomic E-state index is 10.5. The van der Waals surface area contributed by atoms with Gasteiger partial charge in [0.15, 0.2) is 0 Å². The van der Waals surface area contributed by atoms with Gasteiger partial charge in [-0.15, -0.1) is 0 Å². The second kappa shape index (κ2) is 4.94. The zero-order valence-corrected chi connectivity index (χ0v) is 9.03. The van der Waals surface area contributed by atoms with E-state index in [-0.39, 0.29) is 17.2 Å². The largest absolute Gasteiger partial charge is 0.772 e. The lowest BCUT2D eigenvalue weighted by Crippen LogP contribution is -2.45. The number of hydrogen-bond acceptors (Lipinski definition) is 3. The van der Waals surface area contributed by atoms with E-state index in [4.69, 9.17) is 0 Å². The summed E-state index contributed by atoms with van der Waals surface area (Å²) in [4.78, 5) is 0. The highest BCUT2D eigenvalue weighted by Gasteiger charge is 2.25. The van der Waals surface area contributed by atoms with Gasteiger partial charge in [0, 0.05) is 11.3 Å². The summed E-state index contributed by atoms with van der Waals surface area (Å²) < 4.78 is 21.0. The van der Waals surface area contributed by atoms with Crippen LogP contribution in [0.4, 0.5) is 0 Å². The van der Waals surface area contributed by atoms with Crippen molar-refractivity contribution in [2.75, 3.05) is 12.8 Å². The summed E-state index contributed by atoms with van der Waals surface area (Å²) in [6.07, 6.45) is 0.877. The highest BCUT2D eigenvalue weighted by molar-refractivity contribution is 7.79. The van der Waals surface area contributed by atoms with Crippen molar-refractivity contribution in [3.05, 3.63) is 0 Å². The predicted molar refractivity (Wildman–Crippen MR) is 50.7 cm³/mol. The van der Waals surface area contributed by atoms with Crippen LogP contribution in [0.3, 0.4) is 0 Å². The Kier molecular flexibility index (Phi) is 4.97. The topological polar surface area (TPSA) is 52.2 Å². The summed E-state index contributed by atoms with van der Waals surface area (Å²) >= 11 is -1.93. The standard InChI is InChI=1S/C8H19NO2S/c1-5-7(6-12(10)11)8(2,3)9-4/h7,9H,5-6H2,1-4H3,(H,10,11)/p-1. The fourth-order valence-electron chi connectivity index (χ4n) is 1.20. The second-order valence-electron chi connectivity index (χ2n) is 3.55. The second-order valence-corrected chi connectivity index (χ2v) is 4.49. The summed E-state index contributed by atoms with van der Waals surface area (Å²) in [6.45, 7) is 6.05. The Labute approximate surface area is 77.2 Å². The van der Waals surface area contributed by atoms with Gasteiger partial charge in [0.05, 0.1) is 0 Å². The zero-order chi connectivity index (χ0) is 9.78. The van der Waals surface area contributed by atoms with Gasteiger partial charge in [-0.25, -0.2) is 0 Å². The van der Waals surface area contributed by atoms with Crippen molar-refractivity contribution < 1.29 is 8.76 Å². The SMILES string of the molecule is CCC(CS(=O)[O-])C(C)(C)NC. The first-order valence-electron chi connectivity index (χ1n) is 4.18. The molecule has 0 aromatic heterocycles. The molecule has 2 atom stereocenters. The third-order valence-corrected chi connectivity index (χ3v) is 3.17. The third kappa shape index (κ3) is 3.65. The lowest BCUT2D eigenvalue weighted by molar-refractivity contribution is 0.282. The van der Waals surface area contributed by atoms with Crippen LogP contribution in [0.25, 0.3) is 0 Å². The Morgan fingerprint density at radius 1 is 1.58 bits per heavy atom. The summed E-state index contributed by atoms with van der Waals surface area (Å²) in [6, 6.07) is 0. The first-order chi connectivity index (χ1) is 5.44. The van der Waals surface area contributed by atoms with E-state index in [0.717, 1.165) is 6.42 Å². The molecule has 0 aromatic rings. The molecular weight excluding hydrogens is 174 g/mol. The van der Waals surface area contributed by atoms with Crippen molar-refractivity contribution in [3.8, 4) is 0 Å². The summed E-state index contributed by atoms with van der Waals surface area (Å²) in [7, 11) is 1.86. The average Bonchev–Trinajstić information content (AvgIpc) is 1.99. The van der Waals surface area contributed by atoms with Gasteiger partial charge < -0.3 is 9.87 Å². The lowest BCUT2D eigenvalue weighted by Gasteiger charge is -2.34. The molecule has 0 fully saturated rings. The van der Waals surface area contributed by atoms with Gasteiger partial charge in [-0.3, -0.25) is 4.21 Å². The van der Waals surface area contributed by atoms with Crippen LogP contribution >= 0.6 is 0 Å². The highest BCUT2D eigenvalue weighted by Crippen LogP contribution is 2.20. The fourth-order valence-corrected chi connectivity index (χ4v) is 2.19. The van der Waals surface area contributed by atoms with Crippen LogP contribution in [0.15, 0.2) is 0 Å². The number of nitrogens with one attached hydrogen (secondary N) is 1. The van der Waals surface area contributed by atoms with Crippen LogP contribution in [0.5, 0.6) is 0 Å². The van der Waals surface area contributed by atoms with Crippen molar-refractivity contribution in [3.63, 3.8) is 0 Å². The van der Waals surface area contributed by atoms with E-state index in [1.165, 1.54) is 0 Å². The first-order valence-corrected chi connectivity index (χ1v) is 5.43. The van der Waals surface area contributed by atoms with Crippen molar-refractivity contribution in [1.82, 2.24) is 5.32 Å². The molecule has 0 spiro atoms. The van der Waals surface area contributed by atoms with Gasteiger partial charge in [0.1, 0.15) is 0 Å². The third-order valence-electron chi connectivity index (χ3n) is 2.50. The summed E-state index contributed by atoms with van der Waals surface area (Å²) in [5, 5.41) is 3.12. The van der Waals surface area contributed by atoms with Gasteiger partial charge >= 0.3 is 0 Å². The van der Waals surface area contributed by atoms with Crippen LogP contribution in [0.2, 0.25) is 0 Å². The van der Waals surface area contributed by atoms with E-state index in [9.17, 15) is 8.76 Å². The summed E-state index contributed by atoms with van der Waals surface area (Å²) in [5.41, 5.74) is -0.102. The van der Waals surface area contributed by atoms with E-state index < -0.39 is 11.1 Å². The molecular formula is C8H18NO2S-. The van der Waals surface area contributed by atoms with E-state index in [0.29, 0.717) is 0 Å². The normalized spacial score (nSPS) is 17.4. The van der Waals surface area contributed by atoms with Gasteiger partial charge in [-0.05, 0) is 26.8 Å². The highest BCUT2D eigenvalue weighted by atomic mass is 32.2. The van der Waals surface area contributed by atoms with Crippen LogP contribution in [-0.2, 0) is 11.1 Å². The molecule has 2 unspecified atom stereocenters. The molecule has 0 bridgehead atoms. The van der Waals surface area contributed by atoms with E-state index in [1.54, 1.807) is 0 Å². The predicted octanol–water partition coefficient (Wildman–Crippen LogP) is 0.890. The fraction of sp³-hybridized carbons (Fsp3) is 1.00. The maximum absolute atomic E-state index is 10.5. The molecule has 0 heterocycles. The minimum Gasteiger partial charge on any atom is -0.772 e. The Morgan fingerprint density at radius 2 is 2.08 bits per heavy atom. The van der Waals surface area contributed by atoms with Crippen molar-refractivity contribution in [1.29, 1.82) is 0 Å². The van der Waals surface area contributed by atoms with Crippen molar-refractivity contribution in [2.24, 2.45) is 5.92 Å². The first kappa shape index (κ1) is 12.1. The van der Waals surface area contributed by atoms with E-state index in [2.05, 4.69) is 5.32 Å². The molecule has 0 amide bonds. The monoisotopic (exact) mass is 192 g/mol. The molecule has 0 saturated carbocycles. The molecule has 0 aromatic carbocycles. The number of hydrogen-bond donors (Lipinski definition) is 1. The lowest BCUT2D eigenvalue weighted by atomic mass is 9.87. The van der Waals surface area contributed by atoms with Crippen LogP contribution in [0, 0.1) is 5.92 Å². The molecule has 0 aliphatic heterocycles. The molecule has 1 N–H and O–H groups in total. The van der Waals surface area contributed by atoms with E-state index >= 15 is 0 Å². The molecule has 0 aliphatic rings. The Hall–Kier alpha value is 0.0700. The molecule has 0 aliphatic carbocycles. The van der Waals surface area contributed by atoms with Gasteiger partial charge in [0.2, 0.25) is 0 Å². The molecule has 4 heteroatoms. The van der Waals surface area contributed by atoms with Gasteiger partial charge in [0.25, 0.3) is 0 Å². The minimum atomic E-state index is -1.93. The molecule has 74 valence electrons. The number of rotatable bonds is 5. The Morgan fingerprint density at radius 3 is 2.33 bits per heavy atom. The molecule has 12 heavy (non-hydrogen) atoms.